The quantitative estimate of drug-likeness (QED) is 0.845. The normalized spacial score (nSPS) is 12.6. The van der Waals surface area contributed by atoms with Crippen molar-refractivity contribution < 1.29 is 9.90 Å². The van der Waals surface area contributed by atoms with Crippen molar-refractivity contribution in [1.29, 1.82) is 0 Å². The molecule has 0 radical (unpaired) electrons. The molecule has 0 aliphatic rings. The molecular formula is C13H14N2O3. The average molecular weight is 246 g/mol. The maximum Gasteiger partial charge on any atom is 0.310 e. The minimum Gasteiger partial charge on any atom is -0.481 e. The van der Waals surface area contributed by atoms with E-state index in [0.717, 1.165) is 11.1 Å². The first-order valence-corrected chi connectivity index (χ1v) is 5.64. The van der Waals surface area contributed by atoms with E-state index in [2.05, 4.69) is 9.97 Å². The molecule has 0 aliphatic heterocycles. The van der Waals surface area contributed by atoms with Gasteiger partial charge in [-0.2, -0.15) is 0 Å². The molecule has 2 aromatic rings. The van der Waals surface area contributed by atoms with Crippen LogP contribution in [-0.2, 0) is 4.79 Å². The zero-order valence-corrected chi connectivity index (χ0v) is 10.4. The zero-order chi connectivity index (χ0) is 13.4. The Hall–Kier alpha value is -2.17. The van der Waals surface area contributed by atoms with Crippen molar-refractivity contribution in [3.63, 3.8) is 0 Å². The maximum atomic E-state index is 12.0. The molecule has 0 spiro atoms. The van der Waals surface area contributed by atoms with Gasteiger partial charge in [0.15, 0.2) is 0 Å². The molecule has 0 amide bonds. The van der Waals surface area contributed by atoms with E-state index in [9.17, 15) is 9.59 Å². The van der Waals surface area contributed by atoms with E-state index in [4.69, 9.17) is 5.11 Å². The van der Waals surface area contributed by atoms with Gasteiger partial charge in [-0.3, -0.25) is 14.6 Å². The fourth-order valence-corrected chi connectivity index (χ4v) is 2.28. The van der Waals surface area contributed by atoms with E-state index in [1.807, 2.05) is 6.92 Å². The summed E-state index contributed by atoms with van der Waals surface area (Å²) < 4.78 is 0. The number of pyridine rings is 2. The van der Waals surface area contributed by atoms with Crippen LogP contribution in [0.4, 0.5) is 0 Å². The number of aryl methyl sites for hydroxylation is 2. The number of hydrogen-bond acceptors (Lipinski definition) is 3. The molecule has 1 unspecified atom stereocenters. The summed E-state index contributed by atoms with van der Waals surface area (Å²) in [5.41, 5.74) is 2.10. The van der Waals surface area contributed by atoms with Crippen molar-refractivity contribution in [2.45, 2.75) is 26.7 Å². The number of nitrogens with one attached hydrogen (secondary N) is 1. The molecule has 0 saturated carbocycles. The van der Waals surface area contributed by atoms with Gasteiger partial charge in [0.05, 0.1) is 11.4 Å². The molecule has 0 aliphatic carbocycles. The van der Waals surface area contributed by atoms with Crippen LogP contribution < -0.4 is 5.56 Å². The Kier molecular flexibility index (Phi) is 2.90. The molecule has 0 fully saturated rings. The molecule has 18 heavy (non-hydrogen) atoms. The molecule has 2 N–H and O–H groups in total. The lowest BCUT2D eigenvalue weighted by atomic mass is 9.95. The van der Waals surface area contributed by atoms with Gasteiger partial charge in [-0.15, -0.1) is 0 Å². The van der Waals surface area contributed by atoms with Crippen LogP contribution in [0.2, 0.25) is 0 Å². The van der Waals surface area contributed by atoms with Gasteiger partial charge in [-0.05, 0) is 32.4 Å². The third-order valence-electron chi connectivity index (χ3n) is 3.22. The van der Waals surface area contributed by atoms with Crippen LogP contribution in [0, 0.1) is 13.8 Å². The number of carboxylic acid groups (broad SMARTS) is 1. The molecule has 5 nitrogen and oxygen atoms in total. The number of aromatic nitrogens is 2. The fourth-order valence-electron chi connectivity index (χ4n) is 2.28. The van der Waals surface area contributed by atoms with E-state index in [-0.39, 0.29) is 5.56 Å². The summed E-state index contributed by atoms with van der Waals surface area (Å²) in [6.45, 7) is 5.11. The summed E-state index contributed by atoms with van der Waals surface area (Å²) in [5.74, 6) is -1.85. The van der Waals surface area contributed by atoms with E-state index >= 15 is 0 Å². The number of carbonyl (C=O) groups is 1. The van der Waals surface area contributed by atoms with E-state index < -0.39 is 11.9 Å². The van der Waals surface area contributed by atoms with Gasteiger partial charge in [0.25, 0.3) is 5.56 Å². The predicted molar refractivity (Wildman–Crippen MR) is 67.9 cm³/mol. The molecule has 1 atom stereocenters. The van der Waals surface area contributed by atoms with Crippen LogP contribution in [0.3, 0.4) is 0 Å². The number of hydrogen-bond donors (Lipinski definition) is 2. The lowest BCUT2D eigenvalue weighted by molar-refractivity contribution is -0.138. The molecule has 0 saturated heterocycles. The van der Waals surface area contributed by atoms with Gasteiger partial charge in [-0.25, -0.2) is 0 Å². The maximum absolute atomic E-state index is 12.0. The van der Waals surface area contributed by atoms with Gasteiger partial charge < -0.3 is 10.1 Å². The summed E-state index contributed by atoms with van der Waals surface area (Å²) in [5, 5.41) is 9.88. The summed E-state index contributed by atoms with van der Waals surface area (Å²) in [6.07, 6.45) is 1.62. The Morgan fingerprint density at radius 3 is 2.72 bits per heavy atom. The number of rotatable bonds is 2. The molecule has 2 aromatic heterocycles. The standard InChI is InChI=1S/C13H14N2O3/c1-6-10(7(2)13(17)18)12(16)15-9-4-5-14-8(3)11(6)9/h4-5,7H,1-3H3,(H,15,16)(H,17,18). The number of fused-ring (bicyclic) bond motifs is 1. The van der Waals surface area contributed by atoms with Gasteiger partial charge >= 0.3 is 5.97 Å². The Morgan fingerprint density at radius 2 is 2.11 bits per heavy atom. The monoisotopic (exact) mass is 246 g/mol. The van der Waals surface area contributed by atoms with Gasteiger partial charge in [0.2, 0.25) is 0 Å². The van der Waals surface area contributed by atoms with Crippen LogP contribution in [-0.4, -0.2) is 21.0 Å². The lowest BCUT2D eigenvalue weighted by Crippen LogP contribution is -2.22. The number of aliphatic carboxylic acids is 1. The molecular weight excluding hydrogens is 232 g/mol. The number of carboxylic acids is 1. The van der Waals surface area contributed by atoms with Crippen LogP contribution >= 0.6 is 0 Å². The van der Waals surface area contributed by atoms with Crippen LogP contribution in [0.1, 0.15) is 29.7 Å². The van der Waals surface area contributed by atoms with E-state index in [1.54, 1.807) is 19.2 Å². The van der Waals surface area contributed by atoms with Crippen LogP contribution in [0.5, 0.6) is 0 Å². The van der Waals surface area contributed by atoms with Crippen molar-refractivity contribution in [2.24, 2.45) is 0 Å². The molecule has 94 valence electrons. The number of H-pyrrole nitrogens is 1. The van der Waals surface area contributed by atoms with Crippen LogP contribution in [0.15, 0.2) is 17.1 Å². The lowest BCUT2D eigenvalue weighted by Gasteiger charge is -2.12. The molecule has 0 bridgehead atoms. The predicted octanol–water partition coefficient (Wildman–Crippen LogP) is 1.73. The Morgan fingerprint density at radius 1 is 1.44 bits per heavy atom. The summed E-state index contributed by atoms with van der Waals surface area (Å²) >= 11 is 0. The number of nitrogens with zero attached hydrogens (tertiary/aromatic N) is 1. The van der Waals surface area contributed by atoms with Crippen LogP contribution in [0.25, 0.3) is 10.9 Å². The van der Waals surface area contributed by atoms with Gasteiger partial charge in [0.1, 0.15) is 0 Å². The topological polar surface area (TPSA) is 83.0 Å². The highest BCUT2D eigenvalue weighted by Gasteiger charge is 2.21. The van der Waals surface area contributed by atoms with Crippen molar-refractivity contribution in [2.75, 3.05) is 0 Å². The molecule has 2 heterocycles. The minimum atomic E-state index is -1.01. The molecule has 5 heteroatoms. The Labute approximate surface area is 103 Å². The first-order chi connectivity index (χ1) is 8.43. The van der Waals surface area contributed by atoms with Crippen molar-refractivity contribution in [1.82, 2.24) is 9.97 Å². The third kappa shape index (κ3) is 1.77. The Bertz CT molecular complexity index is 688. The Balaban J connectivity index is 2.88. The van der Waals surface area contributed by atoms with Crippen molar-refractivity contribution in [3.8, 4) is 0 Å². The highest BCUT2D eigenvalue weighted by Crippen LogP contribution is 2.24. The summed E-state index contributed by atoms with van der Waals surface area (Å²) in [4.78, 5) is 29.9. The molecule has 0 aromatic carbocycles. The van der Waals surface area contributed by atoms with Gasteiger partial charge in [0, 0.05) is 22.8 Å². The second-order valence-electron chi connectivity index (χ2n) is 4.37. The summed E-state index contributed by atoms with van der Waals surface area (Å²) in [7, 11) is 0. The summed E-state index contributed by atoms with van der Waals surface area (Å²) in [6, 6.07) is 1.71. The zero-order valence-electron chi connectivity index (χ0n) is 10.4. The van der Waals surface area contributed by atoms with E-state index in [0.29, 0.717) is 16.6 Å². The average Bonchev–Trinajstić information content (AvgIpc) is 2.28. The van der Waals surface area contributed by atoms with Gasteiger partial charge in [-0.1, -0.05) is 0 Å². The van der Waals surface area contributed by atoms with Crippen molar-refractivity contribution in [3.05, 3.63) is 39.4 Å². The largest absolute Gasteiger partial charge is 0.481 e. The fraction of sp³-hybridized carbons (Fsp3) is 0.308. The van der Waals surface area contributed by atoms with Crippen molar-refractivity contribution >= 4 is 16.9 Å². The number of aromatic amines is 1. The highest BCUT2D eigenvalue weighted by atomic mass is 16.4. The second-order valence-corrected chi connectivity index (χ2v) is 4.37. The smallest absolute Gasteiger partial charge is 0.310 e. The SMILES string of the molecule is Cc1nccc2[nH]c(=O)c(C(C)C(=O)O)c(C)c12. The minimum absolute atomic E-state index is 0.297. The third-order valence-corrected chi connectivity index (χ3v) is 3.22. The molecule has 2 rings (SSSR count). The first kappa shape index (κ1) is 12.3. The van der Waals surface area contributed by atoms with E-state index in [1.165, 1.54) is 6.92 Å². The second kappa shape index (κ2) is 4.25. The highest BCUT2D eigenvalue weighted by molar-refractivity contribution is 5.87. The first-order valence-electron chi connectivity index (χ1n) is 5.64.